The van der Waals surface area contributed by atoms with Gasteiger partial charge in [0, 0.05) is 20.1 Å². The van der Waals surface area contributed by atoms with Gasteiger partial charge in [0.1, 0.15) is 5.75 Å². The monoisotopic (exact) mass is 291 g/mol. The molecule has 6 heteroatoms. The van der Waals surface area contributed by atoms with E-state index < -0.39 is 0 Å². The first kappa shape index (κ1) is 15.2. The highest BCUT2D eigenvalue weighted by atomic mass is 16.5. The van der Waals surface area contributed by atoms with Crippen LogP contribution in [0.3, 0.4) is 0 Å². The fourth-order valence-electron chi connectivity index (χ4n) is 2.22. The molecule has 0 spiro atoms. The Morgan fingerprint density at radius 3 is 2.86 bits per heavy atom. The average molecular weight is 291 g/mol. The molecule has 0 saturated carbocycles. The van der Waals surface area contributed by atoms with Crippen molar-refractivity contribution in [3.05, 3.63) is 24.3 Å². The number of para-hydroxylation sites is 2. The summed E-state index contributed by atoms with van der Waals surface area (Å²) in [4.78, 5) is 27.1. The fourth-order valence-corrected chi connectivity index (χ4v) is 2.22. The summed E-state index contributed by atoms with van der Waals surface area (Å²) in [6, 6.07) is 7.17. The number of nitrogen functional groups attached to an aromatic ring is 1. The lowest BCUT2D eigenvalue weighted by molar-refractivity contribution is -0.138. The van der Waals surface area contributed by atoms with Gasteiger partial charge in [-0.2, -0.15) is 0 Å². The van der Waals surface area contributed by atoms with Crippen LogP contribution in [0.25, 0.3) is 0 Å². The Bertz CT molecular complexity index is 519. The first-order valence-electron chi connectivity index (χ1n) is 7.07. The van der Waals surface area contributed by atoms with Crippen molar-refractivity contribution in [3.63, 3.8) is 0 Å². The molecule has 1 aliphatic heterocycles. The first-order valence-corrected chi connectivity index (χ1v) is 7.07. The van der Waals surface area contributed by atoms with Crippen molar-refractivity contribution in [1.82, 2.24) is 9.80 Å². The van der Waals surface area contributed by atoms with E-state index >= 15 is 0 Å². The van der Waals surface area contributed by atoms with Crippen LogP contribution in [0.1, 0.15) is 12.8 Å². The van der Waals surface area contributed by atoms with Crippen LogP contribution in [0.5, 0.6) is 5.75 Å². The van der Waals surface area contributed by atoms with Crippen molar-refractivity contribution in [3.8, 4) is 5.75 Å². The number of carbonyl (C=O) groups is 2. The van der Waals surface area contributed by atoms with Gasteiger partial charge in [-0.05, 0) is 18.6 Å². The minimum absolute atomic E-state index is 0.0194. The van der Waals surface area contributed by atoms with Gasteiger partial charge in [-0.15, -0.1) is 0 Å². The minimum atomic E-state index is -0.0619. The fraction of sp³-hybridized carbons (Fsp3) is 0.467. The summed E-state index contributed by atoms with van der Waals surface area (Å²) in [6.45, 7) is 1.72. The molecule has 21 heavy (non-hydrogen) atoms. The molecule has 2 N–H and O–H groups in total. The molecule has 2 rings (SSSR count). The summed E-state index contributed by atoms with van der Waals surface area (Å²) in [5, 5.41) is 0. The van der Waals surface area contributed by atoms with Crippen LogP contribution in [0, 0.1) is 0 Å². The predicted octanol–water partition coefficient (Wildman–Crippen LogP) is 0.728. The van der Waals surface area contributed by atoms with Crippen LogP contribution in [0.4, 0.5) is 5.69 Å². The zero-order chi connectivity index (χ0) is 15.2. The van der Waals surface area contributed by atoms with Crippen LogP contribution >= 0.6 is 0 Å². The van der Waals surface area contributed by atoms with E-state index in [4.69, 9.17) is 10.5 Å². The van der Waals surface area contributed by atoms with Crippen LogP contribution in [-0.4, -0.2) is 54.9 Å². The number of hydrogen-bond donors (Lipinski definition) is 1. The largest absolute Gasteiger partial charge is 0.491 e. The Morgan fingerprint density at radius 1 is 1.33 bits per heavy atom. The lowest BCUT2D eigenvalue weighted by Gasteiger charge is -2.20. The van der Waals surface area contributed by atoms with Crippen molar-refractivity contribution < 1.29 is 14.3 Å². The van der Waals surface area contributed by atoms with E-state index in [9.17, 15) is 9.59 Å². The first-order chi connectivity index (χ1) is 10.1. The topological polar surface area (TPSA) is 75.9 Å². The Balaban J connectivity index is 1.82. The maximum atomic E-state index is 12.1. The lowest BCUT2D eigenvalue weighted by Crippen LogP contribution is -2.38. The van der Waals surface area contributed by atoms with Crippen molar-refractivity contribution in [2.24, 2.45) is 0 Å². The summed E-state index contributed by atoms with van der Waals surface area (Å²) < 4.78 is 5.51. The molecule has 1 aromatic carbocycles. The highest BCUT2D eigenvalue weighted by Gasteiger charge is 2.22. The molecule has 1 fully saturated rings. The summed E-state index contributed by atoms with van der Waals surface area (Å²) >= 11 is 0. The van der Waals surface area contributed by atoms with E-state index in [1.54, 1.807) is 29.0 Å². The van der Waals surface area contributed by atoms with Gasteiger partial charge in [0.25, 0.3) is 0 Å². The van der Waals surface area contributed by atoms with Crippen LogP contribution < -0.4 is 10.5 Å². The second-order valence-corrected chi connectivity index (χ2v) is 5.12. The van der Waals surface area contributed by atoms with Crippen LogP contribution in [0.15, 0.2) is 24.3 Å². The summed E-state index contributed by atoms with van der Waals surface area (Å²) in [6.07, 6.45) is 1.05. The number of anilines is 1. The van der Waals surface area contributed by atoms with Gasteiger partial charge in [0.05, 0.1) is 25.3 Å². The number of rotatable bonds is 4. The molecule has 1 saturated heterocycles. The molecule has 114 valence electrons. The number of nitrogens with zero attached hydrogens (tertiary/aromatic N) is 2. The third-order valence-electron chi connectivity index (χ3n) is 3.52. The van der Waals surface area contributed by atoms with Gasteiger partial charge in [-0.1, -0.05) is 12.1 Å². The zero-order valence-corrected chi connectivity index (χ0v) is 12.2. The average Bonchev–Trinajstić information content (AvgIpc) is 2.63. The quantitative estimate of drug-likeness (QED) is 0.830. The number of benzene rings is 1. The summed E-state index contributed by atoms with van der Waals surface area (Å²) in [5.74, 6) is 0.499. The number of hydrogen-bond acceptors (Lipinski definition) is 4. The van der Waals surface area contributed by atoms with E-state index in [0.717, 1.165) is 6.42 Å². The maximum Gasteiger partial charge on any atom is 0.241 e. The smallest absolute Gasteiger partial charge is 0.241 e. The molecule has 2 amide bonds. The molecule has 0 bridgehead atoms. The van der Waals surface area contributed by atoms with Crippen molar-refractivity contribution in [1.29, 1.82) is 0 Å². The Hall–Kier alpha value is -2.24. The highest BCUT2D eigenvalue weighted by molar-refractivity contribution is 5.85. The molecule has 0 atom stereocenters. The second-order valence-electron chi connectivity index (χ2n) is 5.12. The molecular formula is C15H21N3O3. The van der Waals surface area contributed by atoms with Crippen LogP contribution in [-0.2, 0) is 9.59 Å². The number of ether oxygens (including phenoxy) is 1. The van der Waals surface area contributed by atoms with Gasteiger partial charge in [-0.3, -0.25) is 9.59 Å². The predicted molar refractivity (Wildman–Crippen MR) is 79.8 cm³/mol. The number of carbonyl (C=O) groups excluding carboxylic acids is 2. The van der Waals surface area contributed by atoms with Gasteiger partial charge in [0.15, 0.2) is 0 Å². The zero-order valence-electron chi connectivity index (χ0n) is 12.2. The normalized spacial score (nSPS) is 15.8. The maximum absolute atomic E-state index is 12.1. The van der Waals surface area contributed by atoms with Crippen molar-refractivity contribution in [2.45, 2.75) is 12.8 Å². The second kappa shape index (κ2) is 6.97. The number of amides is 2. The summed E-state index contributed by atoms with van der Waals surface area (Å²) in [5.41, 5.74) is 6.32. The van der Waals surface area contributed by atoms with E-state index in [1.165, 1.54) is 0 Å². The van der Waals surface area contributed by atoms with Gasteiger partial charge in [-0.25, -0.2) is 0 Å². The Labute approximate surface area is 124 Å². The Morgan fingerprint density at radius 2 is 2.10 bits per heavy atom. The van der Waals surface area contributed by atoms with Crippen molar-refractivity contribution >= 4 is 17.5 Å². The molecule has 1 aliphatic rings. The molecule has 0 aliphatic carbocycles. The third kappa shape index (κ3) is 4.11. The molecule has 0 aromatic heterocycles. The van der Waals surface area contributed by atoms with E-state index in [2.05, 4.69) is 0 Å². The van der Waals surface area contributed by atoms with E-state index in [0.29, 0.717) is 24.5 Å². The highest BCUT2D eigenvalue weighted by Crippen LogP contribution is 2.19. The molecule has 0 radical (unpaired) electrons. The molecular weight excluding hydrogens is 270 g/mol. The lowest BCUT2D eigenvalue weighted by atomic mass is 10.3. The van der Waals surface area contributed by atoms with Gasteiger partial charge < -0.3 is 20.3 Å². The van der Waals surface area contributed by atoms with Crippen molar-refractivity contribution in [2.75, 3.05) is 39.0 Å². The molecule has 6 nitrogen and oxygen atoms in total. The molecule has 1 aromatic rings. The number of nitrogens with two attached hydrogens (primary N) is 1. The van der Waals surface area contributed by atoms with E-state index in [1.807, 2.05) is 12.1 Å². The van der Waals surface area contributed by atoms with E-state index in [-0.39, 0.29) is 31.4 Å². The minimum Gasteiger partial charge on any atom is -0.491 e. The standard InChI is InChI=1S/C15H21N3O3/c1-17-8-4-9-18(11-15(17)20)14(19)7-10-21-13-6-3-2-5-12(13)16/h2-3,5-6H,4,7-11,16H2,1H3. The van der Waals surface area contributed by atoms with Gasteiger partial charge in [0.2, 0.25) is 11.8 Å². The number of likely N-dealkylation sites (N-methyl/N-ethyl adjacent to an activating group) is 1. The van der Waals surface area contributed by atoms with Crippen LogP contribution in [0.2, 0.25) is 0 Å². The third-order valence-corrected chi connectivity index (χ3v) is 3.52. The Kier molecular flexibility index (Phi) is 5.03. The molecule has 1 heterocycles. The SMILES string of the molecule is CN1CCCN(C(=O)CCOc2ccccc2N)CC1=O. The summed E-state index contributed by atoms with van der Waals surface area (Å²) in [7, 11) is 1.76. The van der Waals surface area contributed by atoms with Gasteiger partial charge >= 0.3 is 0 Å². The molecule has 0 unspecified atom stereocenters.